The van der Waals surface area contributed by atoms with E-state index in [0.717, 1.165) is 6.42 Å². The fourth-order valence-electron chi connectivity index (χ4n) is 3.77. The zero-order valence-electron chi connectivity index (χ0n) is 19.7. The first-order valence-electron chi connectivity index (χ1n) is 11.6. The molecule has 1 aliphatic rings. The minimum atomic E-state index is -0.451. The highest BCUT2D eigenvalue weighted by molar-refractivity contribution is 6.00. The van der Waals surface area contributed by atoms with E-state index in [1.807, 2.05) is 0 Å². The van der Waals surface area contributed by atoms with Crippen LogP contribution >= 0.6 is 0 Å². The summed E-state index contributed by atoms with van der Waals surface area (Å²) in [5.41, 5.74) is 5.70. The van der Waals surface area contributed by atoms with Crippen molar-refractivity contribution in [2.24, 2.45) is 0 Å². The first-order chi connectivity index (χ1) is 18.0. The van der Waals surface area contributed by atoms with E-state index in [4.69, 9.17) is 4.84 Å². The number of anilines is 4. The minimum Gasteiger partial charge on any atom is -0.324 e. The summed E-state index contributed by atoms with van der Waals surface area (Å²) < 4.78 is 15.0. The Hall–Kier alpha value is -4.99. The minimum absolute atomic E-state index is 0.278. The number of hydrogen-bond donors (Lipinski definition) is 3. The van der Waals surface area contributed by atoms with Crippen LogP contribution in [0.1, 0.15) is 6.42 Å². The molecular formula is C27H23FN6O3. The first-order valence-corrected chi connectivity index (χ1v) is 11.6. The maximum absolute atomic E-state index is 15.0. The molecule has 0 aliphatic carbocycles. The molecule has 2 heterocycles. The van der Waals surface area contributed by atoms with Crippen LogP contribution in [0, 0.1) is 5.82 Å². The second kappa shape index (κ2) is 10.3. The standard InChI is InChI=1S/C27H23FN6O3/c1-2-23(35)30-21-6-3-5-17(15-21)24-22(28)12-7-18-16-29-26(32-25(18)24)31-19-8-10-20(11-9-19)33-37-27(36)34-13-4-14-34/h2-3,5-12,15-16,33H,1,4,13-14H2,(H,30,35)(H,29,31,32). The normalized spacial score (nSPS) is 12.4. The molecule has 0 bridgehead atoms. The maximum atomic E-state index is 15.0. The van der Waals surface area contributed by atoms with Gasteiger partial charge in [-0.1, -0.05) is 18.7 Å². The van der Waals surface area contributed by atoms with Crippen molar-refractivity contribution in [1.82, 2.24) is 14.9 Å². The van der Waals surface area contributed by atoms with E-state index < -0.39 is 11.9 Å². The highest BCUT2D eigenvalue weighted by Gasteiger charge is 2.21. The zero-order valence-corrected chi connectivity index (χ0v) is 19.7. The van der Waals surface area contributed by atoms with E-state index in [9.17, 15) is 9.59 Å². The molecule has 186 valence electrons. The molecule has 1 fully saturated rings. The lowest BCUT2D eigenvalue weighted by atomic mass is 10.0. The highest BCUT2D eigenvalue weighted by Crippen LogP contribution is 2.32. The summed E-state index contributed by atoms with van der Waals surface area (Å²) in [5.74, 6) is -0.534. The number of fused-ring (bicyclic) bond motifs is 1. The fraction of sp³-hybridized carbons (Fsp3) is 0.111. The molecule has 1 saturated heterocycles. The predicted octanol–water partition coefficient (Wildman–Crippen LogP) is 5.47. The Balaban J connectivity index is 1.36. The van der Waals surface area contributed by atoms with Gasteiger partial charge in [0.25, 0.3) is 0 Å². The smallest absolute Gasteiger partial charge is 0.324 e. The van der Waals surface area contributed by atoms with Gasteiger partial charge in [0.15, 0.2) is 0 Å². The molecule has 3 aromatic carbocycles. The molecule has 0 atom stereocenters. The van der Waals surface area contributed by atoms with Crippen molar-refractivity contribution >= 4 is 45.9 Å². The van der Waals surface area contributed by atoms with Crippen LogP contribution in [0.25, 0.3) is 22.0 Å². The Bertz CT molecular complexity index is 1490. The SMILES string of the molecule is C=CC(=O)Nc1cccc(-c2c(F)ccc3cnc(Nc4ccc(NOC(=O)N5CCC5)cc4)nc23)c1. The van der Waals surface area contributed by atoms with Crippen LogP contribution in [-0.4, -0.2) is 40.0 Å². The predicted molar refractivity (Wildman–Crippen MR) is 140 cm³/mol. The summed E-state index contributed by atoms with van der Waals surface area (Å²) in [4.78, 5) is 39.1. The van der Waals surface area contributed by atoms with E-state index in [-0.39, 0.29) is 11.9 Å². The number of carbonyl (C=O) groups is 2. The topological polar surface area (TPSA) is 108 Å². The summed E-state index contributed by atoms with van der Waals surface area (Å²) in [7, 11) is 0. The lowest BCUT2D eigenvalue weighted by Gasteiger charge is -2.29. The Morgan fingerprint density at radius 1 is 1.03 bits per heavy atom. The van der Waals surface area contributed by atoms with Crippen LogP contribution in [0.3, 0.4) is 0 Å². The Morgan fingerprint density at radius 3 is 2.54 bits per heavy atom. The van der Waals surface area contributed by atoms with Crippen molar-refractivity contribution in [3.05, 3.63) is 85.3 Å². The molecule has 0 unspecified atom stereocenters. The number of halogens is 1. The Morgan fingerprint density at radius 2 is 1.81 bits per heavy atom. The Kier molecular flexibility index (Phi) is 6.62. The zero-order chi connectivity index (χ0) is 25.8. The molecule has 0 spiro atoms. The van der Waals surface area contributed by atoms with Gasteiger partial charge in [-0.15, -0.1) is 0 Å². The molecule has 1 aliphatic heterocycles. The van der Waals surface area contributed by atoms with Crippen molar-refractivity contribution in [1.29, 1.82) is 0 Å². The molecule has 0 saturated carbocycles. The van der Waals surface area contributed by atoms with Crippen molar-refractivity contribution in [2.45, 2.75) is 6.42 Å². The van der Waals surface area contributed by atoms with E-state index in [2.05, 4.69) is 32.7 Å². The molecule has 1 aromatic heterocycles. The quantitative estimate of drug-likeness (QED) is 0.229. The summed E-state index contributed by atoms with van der Waals surface area (Å²) in [5, 5.41) is 6.45. The summed E-state index contributed by atoms with van der Waals surface area (Å²) in [6, 6.07) is 16.8. The van der Waals surface area contributed by atoms with Gasteiger partial charge < -0.3 is 20.4 Å². The van der Waals surface area contributed by atoms with E-state index in [0.29, 0.717) is 52.2 Å². The fourth-order valence-corrected chi connectivity index (χ4v) is 3.77. The first kappa shape index (κ1) is 23.7. The average Bonchev–Trinajstić information content (AvgIpc) is 2.87. The van der Waals surface area contributed by atoms with Gasteiger partial charge in [-0.2, -0.15) is 0 Å². The van der Waals surface area contributed by atoms with Crippen LogP contribution in [0.2, 0.25) is 0 Å². The number of nitrogens with zero attached hydrogens (tertiary/aromatic N) is 3. The molecule has 9 nitrogen and oxygen atoms in total. The number of benzene rings is 3. The molecule has 2 amide bonds. The van der Waals surface area contributed by atoms with Gasteiger partial charge in [0.2, 0.25) is 11.9 Å². The van der Waals surface area contributed by atoms with E-state index in [1.54, 1.807) is 65.7 Å². The van der Waals surface area contributed by atoms with Crippen molar-refractivity contribution in [3.8, 4) is 11.1 Å². The van der Waals surface area contributed by atoms with Gasteiger partial charge >= 0.3 is 6.09 Å². The summed E-state index contributed by atoms with van der Waals surface area (Å²) in [6.45, 7) is 4.86. The van der Waals surface area contributed by atoms with Gasteiger partial charge in [-0.05, 0) is 66.6 Å². The van der Waals surface area contributed by atoms with Crippen LogP contribution in [0.5, 0.6) is 0 Å². The molecule has 4 aromatic rings. The van der Waals surface area contributed by atoms with Crippen molar-refractivity contribution in [3.63, 3.8) is 0 Å². The van der Waals surface area contributed by atoms with Gasteiger partial charge in [0.1, 0.15) is 5.82 Å². The molecule has 10 heteroatoms. The molecular weight excluding hydrogens is 475 g/mol. The number of aromatic nitrogens is 2. The van der Waals surface area contributed by atoms with E-state index in [1.165, 1.54) is 12.1 Å². The number of nitrogens with one attached hydrogen (secondary N) is 3. The third-order valence-corrected chi connectivity index (χ3v) is 5.82. The number of carbonyl (C=O) groups excluding carboxylic acids is 2. The highest BCUT2D eigenvalue weighted by atomic mass is 19.1. The second-order valence-corrected chi connectivity index (χ2v) is 8.34. The number of rotatable bonds is 7. The number of hydrogen-bond acceptors (Lipinski definition) is 7. The second-order valence-electron chi connectivity index (χ2n) is 8.34. The van der Waals surface area contributed by atoms with Gasteiger partial charge in [0.05, 0.1) is 11.2 Å². The van der Waals surface area contributed by atoms with Crippen molar-refractivity contribution < 1.29 is 18.8 Å². The molecule has 37 heavy (non-hydrogen) atoms. The number of amides is 2. The third kappa shape index (κ3) is 5.32. The van der Waals surface area contributed by atoms with Gasteiger partial charge in [-0.3, -0.25) is 4.79 Å². The van der Waals surface area contributed by atoms with Gasteiger partial charge in [0, 0.05) is 41.6 Å². The maximum Gasteiger partial charge on any atom is 0.434 e. The monoisotopic (exact) mass is 498 g/mol. The lowest BCUT2D eigenvalue weighted by molar-refractivity contribution is -0.111. The summed E-state index contributed by atoms with van der Waals surface area (Å²) in [6.07, 6.45) is 3.36. The van der Waals surface area contributed by atoms with Crippen LogP contribution in [0.4, 0.5) is 32.2 Å². The molecule has 3 N–H and O–H groups in total. The van der Waals surface area contributed by atoms with Crippen LogP contribution < -0.4 is 16.1 Å². The lowest BCUT2D eigenvalue weighted by Crippen LogP contribution is -2.43. The van der Waals surface area contributed by atoms with Crippen molar-refractivity contribution in [2.75, 3.05) is 29.2 Å². The molecule has 5 rings (SSSR count). The largest absolute Gasteiger partial charge is 0.434 e. The summed E-state index contributed by atoms with van der Waals surface area (Å²) >= 11 is 0. The number of likely N-dealkylation sites (tertiary alicyclic amines) is 1. The van der Waals surface area contributed by atoms with Crippen LogP contribution in [-0.2, 0) is 9.63 Å². The van der Waals surface area contributed by atoms with Crippen LogP contribution in [0.15, 0.2) is 79.5 Å². The third-order valence-electron chi connectivity index (χ3n) is 5.82. The van der Waals surface area contributed by atoms with E-state index >= 15 is 4.39 Å². The van der Waals surface area contributed by atoms with Gasteiger partial charge in [-0.25, -0.2) is 24.6 Å². The molecule has 0 radical (unpaired) electrons. The Labute approximate surface area is 211 Å². The average molecular weight is 499 g/mol.